The molecule has 0 fully saturated rings. The van der Waals surface area contributed by atoms with Gasteiger partial charge in [-0.15, -0.1) is 0 Å². The molecule has 160 valence electrons. The van der Waals surface area contributed by atoms with Gasteiger partial charge in [0.25, 0.3) is 5.91 Å². The minimum atomic E-state index is -5.11. The van der Waals surface area contributed by atoms with Gasteiger partial charge in [0.2, 0.25) is 0 Å². The molecule has 9 heteroatoms. The first-order valence-electron chi connectivity index (χ1n) is 9.15. The van der Waals surface area contributed by atoms with Gasteiger partial charge in [0.1, 0.15) is 5.84 Å². The van der Waals surface area contributed by atoms with E-state index < -0.39 is 23.8 Å². The van der Waals surface area contributed by atoms with Crippen molar-refractivity contribution in [2.75, 3.05) is 13.6 Å². The Morgan fingerprint density at radius 1 is 1.10 bits per heavy atom. The summed E-state index contributed by atoms with van der Waals surface area (Å²) in [6, 6.07) is 15.3. The summed E-state index contributed by atoms with van der Waals surface area (Å²) in [6.07, 6.45) is -5.11. The van der Waals surface area contributed by atoms with E-state index in [1.165, 1.54) is 24.3 Å². The third kappa shape index (κ3) is 7.00. The Bertz CT molecular complexity index is 914. The van der Waals surface area contributed by atoms with E-state index in [0.717, 1.165) is 12.1 Å². The maximum Gasteiger partial charge on any atom is 0.473 e. The van der Waals surface area contributed by atoms with Crippen LogP contribution in [0.25, 0.3) is 0 Å². The Morgan fingerprint density at radius 2 is 1.73 bits per heavy atom. The Hall–Kier alpha value is -3.20. The Labute approximate surface area is 172 Å². The van der Waals surface area contributed by atoms with Crippen LogP contribution in [0.3, 0.4) is 0 Å². The van der Waals surface area contributed by atoms with Gasteiger partial charge in [-0.2, -0.15) is 18.2 Å². The number of nitrogens with one attached hydrogen (secondary N) is 1. The molecule has 2 amide bonds. The van der Waals surface area contributed by atoms with Crippen LogP contribution in [-0.4, -0.2) is 48.4 Å². The van der Waals surface area contributed by atoms with E-state index in [9.17, 15) is 22.8 Å². The minimum absolute atomic E-state index is 0.0501. The van der Waals surface area contributed by atoms with Crippen LogP contribution in [-0.2, 0) is 11.3 Å². The van der Waals surface area contributed by atoms with Gasteiger partial charge in [-0.3, -0.25) is 9.59 Å². The van der Waals surface area contributed by atoms with Gasteiger partial charge in [-0.1, -0.05) is 42.5 Å². The summed E-state index contributed by atoms with van der Waals surface area (Å²) < 4.78 is 37.0. The van der Waals surface area contributed by atoms with E-state index in [-0.39, 0.29) is 17.2 Å². The highest BCUT2D eigenvalue weighted by Gasteiger charge is 2.38. The van der Waals surface area contributed by atoms with E-state index in [0.29, 0.717) is 6.54 Å². The van der Waals surface area contributed by atoms with Crippen molar-refractivity contribution in [2.45, 2.75) is 25.7 Å². The summed E-state index contributed by atoms with van der Waals surface area (Å²) in [7, 11) is 1.94. The normalized spacial score (nSPS) is 13.2. The summed E-state index contributed by atoms with van der Waals surface area (Å²) in [5.41, 5.74) is 6.89. The van der Waals surface area contributed by atoms with Crippen LogP contribution in [0.15, 0.2) is 59.6 Å². The van der Waals surface area contributed by atoms with Crippen LogP contribution in [0.4, 0.5) is 13.2 Å². The zero-order chi connectivity index (χ0) is 22.3. The minimum Gasteiger partial charge on any atom is -0.383 e. The molecule has 0 saturated carbocycles. The van der Waals surface area contributed by atoms with Crippen molar-refractivity contribution in [3.05, 3.63) is 71.3 Å². The van der Waals surface area contributed by atoms with E-state index >= 15 is 0 Å². The molecule has 0 unspecified atom stereocenters. The van der Waals surface area contributed by atoms with Crippen LogP contribution >= 0.6 is 0 Å². The summed E-state index contributed by atoms with van der Waals surface area (Å²) in [6.45, 7) is 3.15. The van der Waals surface area contributed by atoms with Crippen molar-refractivity contribution < 1.29 is 22.8 Å². The smallest absolute Gasteiger partial charge is 0.383 e. The molecule has 0 saturated heterocycles. The molecule has 0 aliphatic heterocycles. The molecule has 2 rings (SSSR count). The van der Waals surface area contributed by atoms with Gasteiger partial charge in [0, 0.05) is 30.3 Å². The largest absolute Gasteiger partial charge is 0.473 e. The highest BCUT2D eigenvalue weighted by molar-refractivity contribution is 6.06. The quantitative estimate of drug-likeness (QED) is 0.533. The molecule has 0 aromatic heterocycles. The van der Waals surface area contributed by atoms with E-state index in [1.807, 2.05) is 44.3 Å². The number of amides is 2. The van der Waals surface area contributed by atoms with Crippen molar-refractivity contribution in [3.8, 4) is 0 Å². The highest BCUT2D eigenvalue weighted by Crippen LogP contribution is 2.17. The first kappa shape index (κ1) is 23.1. The second-order valence-electron chi connectivity index (χ2n) is 6.94. The predicted molar refractivity (Wildman–Crippen MR) is 108 cm³/mol. The second-order valence-corrected chi connectivity index (χ2v) is 6.94. The number of alkyl halides is 3. The molecular weight excluding hydrogens is 397 g/mol. The number of carbonyl (C=O) groups excluding carboxylic acids is 2. The molecule has 0 spiro atoms. The lowest BCUT2D eigenvalue weighted by molar-refractivity contribution is -0.169. The number of benzene rings is 2. The van der Waals surface area contributed by atoms with Gasteiger partial charge in [-0.25, -0.2) is 0 Å². The molecule has 2 aromatic rings. The molecule has 0 heterocycles. The fourth-order valence-corrected chi connectivity index (χ4v) is 2.84. The van der Waals surface area contributed by atoms with Crippen molar-refractivity contribution >= 4 is 17.6 Å². The van der Waals surface area contributed by atoms with Gasteiger partial charge in [0.15, 0.2) is 0 Å². The first-order chi connectivity index (χ1) is 14.1. The Morgan fingerprint density at radius 3 is 2.37 bits per heavy atom. The standard InChI is InChI=1S/C21H23F3N4O2/c1-14(12-28(2)13-15-7-4-3-5-8-15)26-19(29)17-10-6-9-16(11-17)18(25)27-20(30)21(22,23)24/h3-11,14H,12-13H2,1-2H3,(H,26,29)(H2,25,27,30)/t14-/m1/s1. The molecule has 0 bridgehead atoms. The van der Waals surface area contributed by atoms with Gasteiger partial charge in [0.05, 0.1) is 0 Å². The number of halogens is 3. The summed E-state index contributed by atoms with van der Waals surface area (Å²) >= 11 is 0. The second kappa shape index (κ2) is 10.0. The van der Waals surface area contributed by atoms with Crippen molar-refractivity contribution in [2.24, 2.45) is 10.7 Å². The number of hydrogen-bond acceptors (Lipinski definition) is 3. The molecular formula is C21H23F3N4O2. The maximum absolute atomic E-state index is 12.5. The lowest BCUT2D eigenvalue weighted by Gasteiger charge is -2.22. The van der Waals surface area contributed by atoms with Crippen molar-refractivity contribution in [1.29, 1.82) is 0 Å². The average Bonchev–Trinajstić information content (AvgIpc) is 2.67. The topological polar surface area (TPSA) is 87.8 Å². The molecule has 1 atom stereocenters. The predicted octanol–water partition coefficient (Wildman–Crippen LogP) is 2.73. The number of hydrogen-bond donors (Lipinski definition) is 2. The molecule has 0 aliphatic rings. The number of carbonyl (C=O) groups is 2. The van der Waals surface area contributed by atoms with Gasteiger partial charge < -0.3 is 16.0 Å². The fourth-order valence-electron chi connectivity index (χ4n) is 2.84. The van der Waals surface area contributed by atoms with Crippen LogP contribution in [0.2, 0.25) is 0 Å². The summed E-state index contributed by atoms with van der Waals surface area (Å²) in [5, 5.41) is 2.84. The van der Waals surface area contributed by atoms with E-state index in [1.54, 1.807) is 0 Å². The maximum atomic E-state index is 12.5. The molecule has 30 heavy (non-hydrogen) atoms. The lowest BCUT2D eigenvalue weighted by atomic mass is 10.1. The molecule has 3 N–H and O–H groups in total. The van der Waals surface area contributed by atoms with E-state index in [2.05, 4.69) is 15.2 Å². The van der Waals surface area contributed by atoms with Gasteiger partial charge >= 0.3 is 12.1 Å². The molecule has 0 radical (unpaired) electrons. The lowest BCUT2D eigenvalue weighted by Crippen LogP contribution is -2.40. The SMILES string of the molecule is C[C@H](CN(C)Cc1ccccc1)NC(=O)c1cccc(C(N)=NC(=O)C(F)(F)F)c1. The number of amidine groups is 1. The molecule has 0 aliphatic carbocycles. The monoisotopic (exact) mass is 420 g/mol. The van der Waals surface area contributed by atoms with Crippen LogP contribution in [0.1, 0.15) is 28.4 Å². The highest BCUT2D eigenvalue weighted by atomic mass is 19.4. The van der Waals surface area contributed by atoms with Crippen molar-refractivity contribution in [3.63, 3.8) is 0 Å². The average molecular weight is 420 g/mol. The summed E-state index contributed by atoms with van der Waals surface area (Å²) in [5.74, 6) is -3.32. The Balaban J connectivity index is 1.99. The zero-order valence-corrected chi connectivity index (χ0v) is 16.6. The third-order valence-electron chi connectivity index (χ3n) is 4.14. The number of aliphatic imine (C=N–C) groups is 1. The third-order valence-corrected chi connectivity index (χ3v) is 4.14. The molecule has 2 aromatic carbocycles. The zero-order valence-electron chi connectivity index (χ0n) is 16.6. The van der Waals surface area contributed by atoms with Crippen LogP contribution < -0.4 is 11.1 Å². The first-order valence-corrected chi connectivity index (χ1v) is 9.15. The number of rotatable bonds is 7. The summed E-state index contributed by atoms with van der Waals surface area (Å²) in [4.78, 5) is 28.4. The van der Waals surface area contributed by atoms with E-state index in [4.69, 9.17) is 5.73 Å². The van der Waals surface area contributed by atoms with Crippen LogP contribution in [0.5, 0.6) is 0 Å². The number of nitrogens with zero attached hydrogens (tertiary/aromatic N) is 2. The fraction of sp³-hybridized carbons (Fsp3) is 0.286. The Kier molecular flexibility index (Phi) is 7.71. The van der Waals surface area contributed by atoms with Crippen LogP contribution in [0, 0.1) is 0 Å². The molecule has 6 nitrogen and oxygen atoms in total. The van der Waals surface area contributed by atoms with Gasteiger partial charge in [-0.05, 0) is 31.7 Å². The number of nitrogens with two attached hydrogens (primary N) is 1. The van der Waals surface area contributed by atoms with Crippen molar-refractivity contribution in [1.82, 2.24) is 10.2 Å². The number of likely N-dealkylation sites (N-methyl/N-ethyl adjacent to an activating group) is 1.